The van der Waals surface area contributed by atoms with Gasteiger partial charge in [0.15, 0.2) is 0 Å². The normalized spacial score (nSPS) is 21.0. The van der Waals surface area contributed by atoms with Crippen molar-refractivity contribution in [2.75, 3.05) is 7.11 Å². The van der Waals surface area contributed by atoms with Crippen LogP contribution in [0.3, 0.4) is 0 Å². The number of carbonyl (C=O) groups excluding carboxylic acids is 2. The summed E-state index contributed by atoms with van der Waals surface area (Å²) in [5.74, 6) is -0.367. The summed E-state index contributed by atoms with van der Waals surface area (Å²) in [5.41, 5.74) is 2.01. The molecule has 0 aliphatic heterocycles. The number of methoxy groups -OCH3 is 1. The zero-order valence-corrected chi connectivity index (χ0v) is 10.3. The zero-order valence-electron chi connectivity index (χ0n) is 10.3. The van der Waals surface area contributed by atoms with Crippen LogP contribution in [0.4, 0.5) is 4.79 Å². The van der Waals surface area contributed by atoms with Gasteiger partial charge in [-0.2, -0.15) is 0 Å². The Morgan fingerprint density at radius 1 is 1.33 bits per heavy atom. The third-order valence-corrected chi connectivity index (χ3v) is 2.95. The average Bonchev–Trinajstić information content (AvgIpc) is 2.67. The summed E-state index contributed by atoms with van der Waals surface area (Å²) in [7, 11) is 1.30. The van der Waals surface area contributed by atoms with Gasteiger partial charge in [-0.1, -0.05) is 24.3 Å². The minimum atomic E-state index is -0.523. The molecule has 1 amide bonds. The van der Waals surface area contributed by atoms with E-state index in [2.05, 4.69) is 10.1 Å². The molecule has 0 aromatic heterocycles. The molecule has 1 N–H and O–H groups in total. The van der Waals surface area contributed by atoms with Gasteiger partial charge in [0, 0.05) is 6.92 Å². The highest BCUT2D eigenvalue weighted by Crippen LogP contribution is 2.34. The number of esters is 1. The Morgan fingerprint density at radius 3 is 2.72 bits per heavy atom. The second-order valence-electron chi connectivity index (χ2n) is 4.18. The summed E-state index contributed by atoms with van der Waals surface area (Å²) in [4.78, 5) is 22.4. The van der Waals surface area contributed by atoms with E-state index in [9.17, 15) is 9.59 Å². The van der Waals surface area contributed by atoms with Gasteiger partial charge >= 0.3 is 12.1 Å². The molecule has 0 saturated carbocycles. The lowest BCUT2D eigenvalue weighted by molar-refractivity contribution is -0.147. The van der Waals surface area contributed by atoms with E-state index in [0.29, 0.717) is 6.42 Å². The molecule has 2 rings (SSSR count). The Kier molecular flexibility index (Phi) is 3.50. The summed E-state index contributed by atoms with van der Waals surface area (Å²) in [5, 5.41) is 2.69. The van der Waals surface area contributed by atoms with Gasteiger partial charge < -0.3 is 14.8 Å². The first-order valence-corrected chi connectivity index (χ1v) is 5.71. The predicted octanol–water partition coefficient (Wildman–Crippen LogP) is 1.57. The fourth-order valence-electron chi connectivity index (χ4n) is 2.22. The number of fused-ring (bicyclic) bond motifs is 1. The third-order valence-electron chi connectivity index (χ3n) is 2.95. The molecule has 1 aliphatic carbocycles. The fourth-order valence-corrected chi connectivity index (χ4v) is 2.22. The molecule has 0 radical (unpaired) electrons. The van der Waals surface area contributed by atoms with Crippen LogP contribution in [0.1, 0.15) is 24.2 Å². The van der Waals surface area contributed by atoms with E-state index < -0.39 is 12.2 Å². The molecule has 1 aliphatic rings. The van der Waals surface area contributed by atoms with E-state index in [1.807, 2.05) is 24.3 Å². The minimum Gasteiger partial charge on any atom is -0.455 e. The number of amides is 1. The lowest BCUT2D eigenvalue weighted by Crippen LogP contribution is -2.39. The molecule has 0 bridgehead atoms. The van der Waals surface area contributed by atoms with Crippen LogP contribution in [0.2, 0.25) is 0 Å². The molecule has 0 saturated heterocycles. The SMILES string of the molecule is COC(=O)N[C@H]1Cc2ccccc2[C@@H]1OC(C)=O. The number of hydrogen-bond donors (Lipinski definition) is 1. The predicted molar refractivity (Wildman–Crippen MR) is 64.0 cm³/mol. The molecule has 18 heavy (non-hydrogen) atoms. The van der Waals surface area contributed by atoms with Crippen LogP contribution in [0.15, 0.2) is 24.3 Å². The van der Waals surface area contributed by atoms with Crippen LogP contribution >= 0.6 is 0 Å². The summed E-state index contributed by atoms with van der Waals surface area (Å²) >= 11 is 0. The molecule has 5 nitrogen and oxygen atoms in total. The number of benzene rings is 1. The van der Waals surface area contributed by atoms with E-state index in [0.717, 1.165) is 11.1 Å². The van der Waals surface area contributed by atoms with Crippen molar-refractivity contribution in [3.63, 3.8) is 0 Å². The lowest BCUT2D eigenvalue weighted by Gasteiger charge is -2.20. The maximum absolute atomic E-state index is 11.3. The molecule has 0 spiro atoms. The molecule has 0 heterocycles. The van der Waals surface area contributed by atoms with Gasteiger partial charge in [-0.05, 0) is 17.5 Å². The summed E-state index contributed by atoms with van der Waals surface area (Å²) in [6.45, 7) is 1.36. The van der Waals surface area contributed by atoms with E-state index in [-0.39, 0.29) is 12.0 Å². The van der Waals surface area contributed by atoms with Crippen LogP contribution in [0.25, 0.3) is 0 Å². The largest absolute Gasteiger partial charge is 0.455 e. The van der Waals surface area contributed by atoms with Crippen LogP contribution in [0, 0.1) is 0 Å². The topological polar surface area (TPSA) is 64.6 Å². The highest BCUT2D eigenvalue weighted by atomic mass is 16.6. The Hall–Kier alpha value is -2.04. The Bertz CT molecular complexity index is 472. The van der Waals surface area contributed by atoms with E-state index in [4.69, 9.17) is 4.74 Å². The van der Waals surface area contributed by atoms with Crippen molar-refractivity contribution in [3.05, 3.63) is 35.4 Å². The van der Waals surface area contributed by atoms with Gasteiger partial charge in [0.2, 0.25) is 0 Å². The van der Waals surface area contributed by atoms with Crippen molar-refractivity contribution < 1.29 is 19.1 Å². The van der Waals surface area contributed by atoms with Crippen molar-refractivity contribution in [2.45, 2.75) is 25.5 Å². The maximum Gasteiger partial charge on any atom is 0.407 e. The van der Waals surface area contributed by atoms with Crippen molar-refractivity contribution in [2.24, 2.45) is 0 Å². The first-order valence-electron chi connectivity index (χ1n) is 5.71. The van der Waals surface area contributed by atoms with Gasteiger partial charge in [-0.15, -0.1) is 0 Å². The standard InChI is InChI=1S/C13H15NO4/c1-8(15)18-12-10-6-4-3-5-9(10)7-11(12)14-13(16)17-2/h3-6,11-12H,7H2,1-2H3,(H,14,16)/t11-,12-/m0/s1. The highest BCUT2D eigenvalue weighted by Gasteiger charge is 2.35. The maximum atomic E-state index is 11.3. The third kappa shape index (κ3) is 2.45. The Labute approximate surface area is 105 Å². The van der Waals surface area contributed by atoms with Gasteiger partial charge in [-0.3, -0.25) is 4.79 Å². The van der Waals surface area contributed by atoms with Crippen molar-refractivity contribution in [1.29, 1.82) is 0 Å². The average molecular weight is 249 g/mol. The number of nitrogens with one attached hydrogen (secondary N) is 1. The number of hydrogen-bond acceptors (Lipinski definition) is 4. The van der Waals surface area contributed by atoms with Crippen molar-refractivity contribution in [1.82, 2.24) is 5.32 Å². The van der Waals surface area contributed by atoms with Crippen molar-refractivity contribution in [3.8, 4) is 0 Å². The Balaban J connectivity index is 2.22. The van der Waals surface area contributed by atoms with Gasteiger partial charge in [0.05, 0.1) is 13.2 Å². The van der Waals surface area contributed by atoms with Crippen LogP contribution in [0.5, 0.6) is 0 Å². The number of rotatable bonds is 2. The molecule has 5 heteroatoms. The number of ether oxygens (including phenoxy) is 2. The minimum absolute atomic E-state index is 0.279. The molecule has 1 aromatic rings. The quantitative estimate of drug-likeness (QED) is 0.808. The van der Waals surface area contributed by atoms with Crippen LogP contribution in [-0.4, -0.2) is 25.2 Å². The highest BCUT2D eigenvalue weighted by molar-refractivity contribution is 5.69. The number of alkyl carbamates (subject to hydrolysis) is 1. The van der Waals surface area contributed by atoms with Gasteiger partial charge in [0.1, 0.15) is 6.10 Å². The molecule has 96 valence electrons. The smallest absolute Gasteiger partial charge is 0.407 e. The van der Waals surface area contributed by atoms with Crippen molar-refractivity contribution >= 4 is 12.1 Å². The van der Waals surface area contributed by atoms with E-state index >= 15 is 0 Å². The lowest BCUT2D eigenvalue weighted by atomic mass is 10.1. The second kappa shape index (κ2) is 5.08. The van der Waals surface area contributed by atoms with E-state index in [1.54, 1.807) is 0 Å². The van der Waals surface area contributed by atoms with Crippen LogP contribution < -0.4 is 5.32 Å². The summed E-state index contributed by atoms with van der Waals surface area (Å²) < 4.78 is 9.86. The summed E-state index contributed by atoms with van der Waals surface area (Å²) in [6.07, 6.45) is -0.341. The van der Waals surface area contributed by atoms with Gasteiger partial charge in [0.25, 0.3) is 0 Å². The zero-order chi connectivity index (χ0) is 13.1. The molecule has 1 aromatic carbocycles. The first-order chi connectivity index (χ1) is 8.61. The molecule has 0 unspecified atom stereocenters. The monoisotopic (exact) mass is 249 g/mol. The fraction of sp³-hybridized carbons (Fsp3) is 0.385. The van der Waals surface area contributed by atoms with Gasteiger partial charge in [-0.25, -0.2) is 4.79 Å². The molecular formula is C13H15NO4. The number of carbonyl (C=O) groups is 2. The van der Waals surface area contributed by atoms with E-state index in [1.165, 1.54) is 14.0 Å². The molecule has 0 fully saturated rings. The first kappa shape index (κ1) is 12.4. The second-order valence-corrected chi connectivity index (χ2v) is 4.18. The summed E-state index contributed by atoms with van der Waals surface area (Å²) in [6, 6.07) is 7.39. The molecular weight excluding hydrogens is 234 g/mol. The molecule has 2 atom stereocenters. The Morgan fingerprint density at radius 2 is 2.06 bits per heavy atom. The van der Waals surface area contributed by atoms with Crippen LogP contribution in [-0.2, 0) is 20.7 Å².